The van der Waals surface area contributed by atoms with Crippen molar-refractivity contribution < 1.29 is 23.9 Å². The molecule has 1 amide bonds. The summed E-state index contributed by atoms with van der Waals surface area (Å²) in [6.45, 7) is 3.31. The van der Waals surface area contributed by atoms with E-state index in [0.717, 1.165) is 6.42 Å². The van der Waals surface area contributed by atoms with Crippen molar-refractivity contribution in [3.8, 4) is 0 Å². The van der Waals surface area contributed by atoms with E-state index in [1.54, 1.807) is 24.3 Å². The van der Waals surface area contributed by atoms with Crippen molar-refractivity contribution >= 4 is 23.4 Å². The molecular weight excluding hydrogens is 346 g/mol. The van der Waals surface area contributed by atoms with E-state index in [1.807, 2.05) is 13.8 Å². The topological polar surface area (TPSA) is 89.5 Å². The lowest BCUT2D eigenvalue weighted by Gasteiger charge is -2.19. The number of amides is 1. The van der Waals surface area contributed by atoms with Gasteiger partial charge in [-0.15, -0.1) is 0 Å². The Morgan fingerprint density at radius 1 is 0.963 bits per heavy atom. The van der Waals surface area contributed by atoms with Crippen LogP contribution in [0.3, 0.4) is 0 Å². The molecule has 1 atom stereocenters. The fourth-order valence-electron chi connectivity index (χ4n) is 2.94. The molecule has 1 aliphatic rings. The first-order valence-corrected chi connectivity index (χ1v) is 8.72. The zero-order valence-corrected chi connectivity index (χ0v) is 15.1. The van der Waals surface area contributed by atoms with Crippen LogP contribution in [-0.4, -0.2) is 36.1 Å². The first-order chi connectivity index (χ1) is 12.9. The van der Waals surface area contributed by atoms with Crippen molar-refractivity contribution in [3.05, 3.63) is 70.3 Å². The molecule has 0 saturated heterocycles. The van der Waals surface area contributed by atoms with Gasteiger partial charge in [-0.1, -0.05) is 43.3 Å². The first-order valence-electron chi connectivity index (χ1n) is 8.72. The van der Waals surface area contributed by atoms with Crippen LogP contribution in [0.4, 0.5) is 0 Å². The van der Waals surface area contributed by atoms with Crippen LogP contribution in [0.5, 0.6) is 0 Å². The van der Waals surface area contributed by atoms with Crippen molar-refractivity contribution in [2.24, 2.45) is 0 Å². The van der Waals surface area contributed by atoms with Gasteiger partial charge in [-0.05, 0) is 19.4 Å². The summed E-state index contributed by atoms with van der Waals surface area (Å²) in [5.41, 5.74) is 0.737. The van der Waals surface area contributed by atoms with Gasteiger partial charge < -0.3 is 10.1 Å². The van der Waals surface area contributed by atoms with E-state index in [-0.39, 0.29) is 34.1 Å². The fraction of sp³-hybridized carbons (Fsp3) is 0.238. The molecule has 0 fully saturated rings. The van der Waals surface area contributed by atoms with E-state index < -0.39 is 24.3 Å². The zero-order valence-electron chi connectivity index (χ0n) is 15.1. The number of rotatable bonds is 5. The molecule has 0 heterocycles. The second kappa shape index (κ2) is 7.53. The number of ether oxygens (including phenoxy) is 1. The van der Waals surface area contributed by atoms with E-state index in [0.29, 0.717) is 5.56 Å². The lowest BCUT2D eigenvalue weighted by Crippen LogP contribution is -2.35. The molecular formula is C21H19NO5. The summed E-state index contributed by atoms with van der Waals surface area (Å²) in [6.07, 6.45) is 0.752. The fourth-order valence-corrected chi connectivity index (χ4v) is 2.94. The maximum Gasteiger partial charge on any atom is 0.339 e. The number of carbonyl (C=O) groups is 4. The third-order valence-corrected chi connectivity index (χ3v) is 4.53. The molecule has 2 aromatic rings. The maximum absolute atomic E-state index is 12.9. The molecule has 6 heteroatoms. The Kier molecular flexibility index (Phi) is 5.16. The standard InChI is InChI=1S/C21H19NO5/c1-3-12(2)22-17(23)11-27-21(26)16-10-6-9-15-18(16)20(25)14-8-5-4-7-13(14)19(15)24/h4-10,12H,3,11H2,1-2H3,(H,22,23)/t12-/m1/s1. The lowest BCUT2D eigenvalue weighted by atomic mass is 9.82. The summed E-state index contributed by atoms with van der Waals surface area (Å²) in [7, 11) is 0. The van der Waals surface area contributed by atoms with E-state index in [2.05, 4.69) is 5.32 Å². The molecule has 138 valence electrons. The number of ketones is 2. The molecule has 0 saturated carbocycles. The summed E-state index contributed by atoms with van der Waals surface area (Å²) < 4.78 is 5.06. The maximum atomic E-state index is 12.9. The predicted molar refractivity (Wildman–Crippen MR) is 97.9 cm³/mol. The normalized spacial score (nSPS) is 13.4. The molecule has 2 aromatic carbocycles. The van der Waals surface area contributed by atoms with Crippen LogP contribution >= 0.6 is 0 Å². The molecule has 0 radical (unpaired) electrons. The van der Waals surface area contributed by atoms with Gasteiger partial charge in [0.15, 0.2) is 18.2 Å². The van der Waals surface area contributed by atoms with Crippen molar-refractivity contribution in [3.63, 3.8) is 0 Å². The number of hydrogen-bond donors (Lipinski definition) is 1. The molecule has 6 nitrogen and oxygen atoms in total. The Labute approximate surface area is 156 Å². The quantitative estimate of drug-likeness (QED) is 0.702. The van der Waals surface area contributed by atoms with Crippen molar-refractivity contribution in [1.29, 1.82) is 0 Å². The minimum absolute atomic E-state index is 0.0170. The van der Waals surface area contributed by atoms with E-state index >= 15 is 0 Å². The summed E-state index contributed by atoms with van der Waals surface area (Å²) in [6, 6.07) is 10.9. The molecule has 0 unspecified atom stereocenters. The molecule has 0 spiro atoms. The Morgan fingerprint density at radius 3 is 2.26 bits per heavy atom. The van der Waals surface area contributed by atoms with Crippen molar-refractivity contribution in [1.82, 2.24) is 5.32 Å². The van der Waals surface area contributed by atoms with Crippen LogP contribution in [0, 0.1) is 0 Å². The summed E-state index contributed by atoms with van der Waals surface area (Å²) in [5.74, 6) is -1.96. The summed E-state index contributed by atoms with van der Waals surface area (Å²) >= 11 is 0. The van der Waals surface area contributed by atoms with E-state index in [1.165, 1.54) is 18.2 Å². The zero-order chi connectivity index (χ0) is 19.6. The third-order valence-electron chi connectivity index (χ3n) is 4.53. The highest BCUT2D eigenvalue weighted by molar-refractivity contribution is 6.30. The third kappa shape index (κ3) is 3.51. The van der Waals surface area contributed by atoms with Gasteiger partial charge in [-0.2, -0.15) is 0 Å². The van der Waals surface area contributed by atoms with Gasteiger partial charge in [-0.3, -0.25) is 14.4 Å². The molecule has 1 aliphatic carbocycles. The predicted octanol–water partition coefficient (Wildman–Crippen LogP) is 2.53. The number of esters is 1. The van der Waals surface area contributed by atoms with E-state index in [4.69, 9.17) is 4.74 Å². The average Bonchev–Trinajstić information content (AvgIpc) is 2.69. The Balaban J connectivity index is 1.87. The Hall–Kier alpha value is -3.28. The number of benzene rings is 2. The average molecular weight is 365 g/mol. The molecule has 0 bridgehead atoms. The number of hydrogen-bond acceptors (Lipinski definition) is 5. The van der Waals surface area contributed by atoms with Crippen LogP contribution in [0.15, 0.2) is 42.5 Å². The Bertz CT molecular complexity index is 947. The summed E-state index contributed by atoms with van der Waals surface area (Å²) in [4.78, 5) is 49.8. The van der Waals surface area contributed by atoms with Crippen molar-refractivity contribution in [2.45, 2.75) is 26.3 Å². The molecule has 27 heavy (non-hydrogen) atoms. The van der Waals surface area contributed by atoms with Gasteiger partial charge >= 0.3 is 5.97 Å². The first kappa shape index (κ1) is 18.5. The largest absolute Gasteiger partial charge is 0.452 e. The number of fused-ring (bicyclic) bond motifs is 2. The van der Waals surface area contributed by atoms with Crippen LogP contribution < -0.4 is 5.32 Å². The van der Waals surface area contributed by atoms with Crippen molar-refractivity contribution in [2.75, 3.05) is 6.61 Å². The number of nitrogens with one attached hydrogen (secondary N) is 1. The smallest absolute Gasteiger partial charge is 0.339 e. The van der Waals surface area contributed by atoms with Gasteiger partial charge in [0, 0.05) is 28.3 Å². The van der Waals surface area contributed by atoms with Gasteiger partial charge in [0.05, 0.1) is 5.56 Å². The van der Waals surface area contributed by atoms with Crippen LogP contribution in [-0.2, 0) is 9.53 Å². The molecule has 1 N–H and O–H groups in total. The highest BCUT2D eigenvalue weighted by Gasteiger charge is 2.33. The van der Waals surface area contributed by atoms with Gasteiger partial charge in [0.25, 0.3) is 5.91 Å². The summed E-state index contributed by atoms with van der Waals surface area (Å²) in [5, 5.41) is 2.69. The highest BCUT2D eigenvalue weighted by atomic mass is 16.5. The highest BCUT2D eigenvalue weighted by Crippen LogP contribution is 2.29. The van der Waals surface area contributed by atoms with Gasteiger partial charge in [-0.25, -0.2) is 4.79 Å². The van der Waals surface area contributed by atoms with Gasteiger partial charge in [0.2, 0.25) is 0 Å². The monoisotopic (exact) mass is 365 g/mol. The second-order valence-corrected chi connectivity index (χ2v) is 6.38. The van der Waals surface area contributed by atoms with Crippen LogP contribution in [0.25, 0.3) is 0 Å². The lowest BCUT2D eigenvalue weighted by molar-refractivity contribution is -0.124. The molecule has 0 aromatic heterocycles. The molecule has 0 aliphatic heterocycles. The minimum Gasteiger partial charge on any atom is -0.452 e. The van der Waals surface area contributed by atoms with Gasteiger partial charge in [0.1, 0.15) is 0 Å². The minimum atomic E-state index is -0.813. The molecule has 3 rings (SSSR count). The van der Waals surface area contributed by atoms with Crippen LogP contribution in [0.1, 0.15) is 62.5 Å². The number of carbonyl (C=O) groups excluding carboxylic acids is 4. The Morgan fingerprint density at radius 2 is 1.59 bits per heavy atom. The second-order valence-electron chi connectivity index (χ2n) is 6.38. The SMILES string of the molecule is CC[C@@H](C)NC(=O)COC(=O)c1cccc2c1C(=O)c1ccccc1C2=O. The van der Waals surface area contributed by atoms with E-state index in [9.17, 15) is 19.2 Å². The van der Waals surface area contributed by atoms with Crippen LogP contribution in [0.2, 0.25) is 0 Å².